The summed E-state index contributed by atoms with van der Waals surface area (Å²) in [6.45, 7) is 0. The average molecular weight is 450 g/mol. The Kier molecular flexibility index (Phi) is 4.97. The van der Waals surface area contributed by atoms with Gasteiger partial charge in [-0.25, -0.2) is 0 Å². The molecule has 3 aromatic heterocycles. The molecule has 2 aromatic carbocycles. The second-order valence-electron chi connectivity index (χ2n) is 7.01. The molecule has 31 heavy (non-hydrogen) atoms. The first-order valence-electron chi connectivity index (χ1n) is 9.40. The molecular formula is C21H16ClN7OS. The molecule has 0 aliphatic rings. The summed E-state index contributed by atoms with van der Waals surface area (Å²) in [6.07, 6.45) is 3.61. The summed E-state index contributed by atoms with van der Waals surface area (Å²) in [5, 5.41) is 25.5. The summed E-state index contributed by atoms with van der Waals surface area (Å²) in [4.78, 5) is 12.5. The fourth-order valence-corrected chi connectivity index (χ4v) is 4.19. The Morgan fingerprint density at radius 3 is 2.97 bits per heavy atom. The van der Waals surface area contributed by atoms with Crippen LogP contribution in [0.3, 0.4) is 0 Å². The number of aromatic amines is 1. The van der Waals surface area contributed by atoms with Gasteiger partial charge in [-0.15, -0.1) is 10.2 Å². The summed E-state index contributed by atoms with van der Waals surface area (Å²) >= 11 is 7.55. The lowest BCUT2D eigenvalue weighted by atomic mass is 10.0. The zero-order valence-corrected chi connectivity index (χ0v) is 17.9. The summed E-state index contributed by atoms with van der Waals surface area (Å²) in [6, 6.07) is 13.5. The zero-order valence-electron chi connectivity index (χ0n) is 16.3. The molecule has 0 atom stereocenters. The van der Waals surface area contributed by atoms with Gasteiger partial charge in [0.15, 0.2) is 5.78 Å². The van der Waals surface area contributed by atoms with Gasteiger partial charge in [0.25, 0.3) is 0 Å². The number of halogens is 1. The molecule has 0 radical (unpaired) electrons. The molecule has 8 nitrogen and oxygen atoms in total. The van der Waals surface area contributed by atoms with Crippen molar-refractivity contribution in [2.75, 3.05) is 5.32 Å². The Hall–Kier alpha value is -3.56. The standard InChI is InChI=1S/C21H16ClN7OS/c1-29-11-14(10-23-29)18(30)8-12-3-2-4-13(7-12)20-27-28-21(31-20)24-15-5-6-17-16(9-15)19(22)26-25-17/h2-7,9-11H,8H2,1H3,(H,24,28)(H,25,26). The fraction of sp³-hybridized carbons (Fsp3) is 0.0952. The number of Topliss-reactive ketones (excluding diaryl/α,β-unsaturated/α-hetero) is 1. The van der Waals surface area contributed by atoms with Crippen molar-refractivity contribution in [2.24, 2.45) is 7.05 Å². The van der Waals surface area contributed by atoms with Crippen LogP contribution in [0.25, 0.3) is 21.5 Å². The van der Waals surface area contributed by atoms with E-state index >= 15 is 0 Å². The molecule has 154 valence electrons. The number of anilines is 2. The number of carbonyl (C=O) groups excluding carboxylic acids is 1. The molecule has 0 aliphatic carbocycles. The smallest absolute Gasteiger partial charge is 0.210 e. The Labute approximate surface area is 185 Å². The number of nitrogens with zero attached hydrogens (tertiary/aromatic N) is 5. The van der Waals surface area contributed by atoms with Gasteiger partial charge in [0.2, 0.25) is 5.13 Å². The van der Waals surface area contributed by atoms with Gasteiger partial charge < -0.3 is 5.32 Å². The quantitative estimate of drug-likeness (QED) is 0.366. The van der Waals surface area contributed by atoms with E-state index in [-0.39, 0.29) is 5.78 Å². The van der Waals surface area contributed by atoms with E-state index in [0.29, 0.717) is 22.3 Å². The van der Waals surface area contributed by atoms with E-state index in [4.69, 9.17) is 11.6 Å². The first-order valence-corrected chi connectivity index (χ1v) is 10.6. The van der Waals surface area contributed by atoms with Crippen molar-refractivity contribution in [3.8, 4) is 10.6 Å². The molecule has 0 bridgehead atoms. The third-order valence-corrected chi connectivity index (χ3v) is 5.93. The third kappa shape index (κ3) is 4.05. The van der Waals surface area contributed by atoms with Gasteiger partial charge in [0, 0.05) is 36.3 Å². The Balaban J connectivity index is 1.33. The van der Waals surface area contributed by atoms with Crippen LogP contribution in [0.2, 0.25) is 5.15 Å². The largest absolute Gasteiger partial charge is 0.330 e. The van der Waals surface area contributed by atoms with Crippen molar-refractivity contribution < 1.29 is 4.79 Å². The van der Waals surface area contributed by atoms with Crippen LogP contribution in [-0.2, 0) is 13.5 Å². The van der Waals surface area contributed by atoms with Crippen molar-refractivity contribution in [2.45, 2.75) is 6.42 Å². The van der Waals surface area contributed by atoms with Crippen molar-refractivity contribution in [1.29, 1.82) is 0 Å². The number of rotatable bonds is 6. The van der Waals surface area contributed by atoms with E-state index in [0.717, 1.165) is 32.7 Å². The molecule has 10 heteroatoms. The van der Waals surface area contributed by atoms with Crippen molar-refractivity contribution in [3.63, 3.8) is 0 Å². The zero-order chi connectivity index (χ0) is 21.4. The van der Waals surface area contributed by atoms with Gasteiger partial charge in [-0.3, -0.25) is 14.6 Å². The van der Waals surface area contributed by atoms with Crippen LogP contribution >= 0.6 is 22.9 Å². The molecule has 2 N–H and O–H groups in total. The second-order valence-corrected chi connectivity index (χ2v) is 8.37. The monoisotopic (exact) mass is 449 g/mol. The highest BCUT2D eigenvalue weighted by Crippen LogP contribution is 2.31. The molecule has 0 unspecified atom stereocenters. The minimum absolute atomic E-state index is 0.0261. The number of ketones is 1. The minimum atomic E-state index is 0.0261. The Bertz CT molecular complexity index is 1400. The van der Waals surface area contributed by atoms with E-state index < -0.39 is 0 Å². The lowest BCUT2D eigenvalue weighted by Gasteiger charge is -2.02. The van der Waals surface area contributed by atoms with Gasteiger partial charge in [-0.05, 0) is 29.8 Å². The fourth-order valence-electron chi connectivity index (χ4n) is 3.24. The number of nitrogens with one attached hydrogen (secondary N) is 2. The molecule has 5 rings (SSSR count). The third-order valence-electron chi connectivity index (χ3n) is 4.75. The summed E-state index contributed by atoms with van der Waals surface area (Å²) in [5.41, 5.74) is 4.07. The van der Waals surface area contributed by atoms with E-state index in [2.05, 4.69) is 30.8 Å². The molecule has 0 saturated carbocycles. The van der Waals surface area contributed by atoms with Crippen molar-refractivity contribution in [3.05, 3.63) is 71.1 Å². The predicted molar refractivity (Wildman–Crippen MR) is 121 cm³/mol. The van der Waals surface area contributed by atoms with E-state index in [1.54, 1.807) is 24.1 Å². The van der Waals surface area contributed by atoms with Crippen molar-refractivity contribution >= 4 is 50.4 Å². The molecule has 0 amide bonds. The molecule has 3 heterocycles. The van der Waals surface area contributed by atoms with E-state index in [9.17, 15) is 4.79 Å². The lowest BCUT2D eigenvalue weighted by Crippen LogP contribution is -2.02. The van der Waals surface area contributed by atoms with Gasteiger partial charge in [0.1, 0.15) is 10.2 Å². The van der Waals surface area contributed by atoms with Gasteiger partial charge in [-0.2, -0.15) is 10.2 Å². The van der Waals surface area contributed by atoms with Crippen LogP contribution in [0.5, 0.6) is 0 Å². The highest BCUT2D eigenvalue weighted by atomic mass is 35.5. The Morgan fingerprint density at radius 1 is 1.23 bits per heavy atom. The molecule has 0 aliphatic heterocycles. The topological polar surface area (TPSA) is 101 Å². The van der Waals surface area contributed by atoms with Gasteiger partial charge in [0.05, 0.1) is 17.3 Å². The normalized spacial score (nSPS) is 11.2. The minimum Gasteiger partial charge on any atom is -0.330 e. The van der Waals surface area contributed by atoms with E-state index in [1.807, 2.05) is 42.5 Å². The predicted octanol–water partition coefficient (Wildman–Crippen LogP) is 4.64. The van der Waals surface area contributed by atoms with Crippen molar-refractivity contribution in [1.82, 2.24) is 30.2 Å². The van der Waals surface area contributed by atoms with Gasteiger partial charge >= 0.3 is 0 Å². The highest BCUT2D eigenvalue weighted by molar-refractivity contribution is 7.18. The maximum atomic E-state index is 12.5. The van der Waals surface area contributed by atoms with E-state index in [1.165, 1.54) is 11.3 Å². The lowest BCUT2D eigenvalue weighted by molar-refractivity contribution is 0.0993. The number of aryl methyl sites for hydroxylation is 1. The van der Waals surface area contributed by atoms with Gasteiger partial charge in [-0.1, -0.05) is 41.1 Å². The molecule has 0 spiro atoms. The number of carbonyl (C=O) groups is 1. The van der Waals surface area contributed by atoms with Crippen LogP contribution < -0.4 is 5.32 Å². The number of hydrogen-bond donors (Lipinski definition) is 2. The maximum Gasteiger partial charge on any atom is 0.210 e. The van der Waals surface area contributed by atoms with Crippen LogP contribution in [0.1, 0.15) is 15.9 Å². The SMILES string of the molecule is Cn1cc(C(=O)Cc2cccc(-c3nnc(Nc4ccc5n[nH]c(Cl)c5c4)s3)c2)cn1. The maximum absolute atomic E-state index is 12.5. The Morgan fingerprint density at radius 2 is 2.13 bits per heavy atom. The second kappa shape index (κ2) is 7.93. The van der Waals surface area contributed by atoms with Crippen LogP contribution in [0, 0.1) is 0 Å². The number of H-pyrrole nitrogens is 1. The van der Waals surface area contributed by atoms with Crippen LogP contribution in [-0.4, -0.2) is 36.0 Å². The molecule has 5 aromatic rings. The molecular weight excluding hydrogens is 434 g/mol. The molecule has 0 saturated heterocycles. The summed E-state index contributed by atoms with van der Waals surface area (Å²) in [5.74, 6) is 0.0261. The van der Waals surface area contributed by atoms with Crippen LogP contribution in [0.4, 0.5) is 10.8 Å². The first kappa shape index (κ1) is 19.4. The van der Waals surface area contributed by atoms with Crippen LogP contribution in [0.15, 0.2) is 54.9 Å². The first-order chi connectivity index (χ1) is 15.0. The number of benzene rings is 2. The molecule has 0 fully saturated rings. The number of hydrogen-bond acceptors (Lipinski definition) is 7. The highest BCUT2D eigenvalue weighted by Gasteiger charge is 2.12. The summed E-state index contributed by atoms with van der Waals surface area (Å²) < 4.78 is 1.62. The number of aromatic nitrogens is 6. The average Bonchev–Trinajstić information content (AvgIpc) is 3.49. The number of fused-ring (bicyclic) bond motifs is 1. The summed E-state index contributed by atoms with van der Waals surface area (Å²) in [7, 11) is 1.79.